The van der Waals surface area contributed by atoms with Crippen molar-refractivity contribution in [2.45, 2.75) is 31.7 Å². The van der Waals surface area contributed by atoms with E-state index >= 15 is 0 Å². The molecule has 6 rings (SSSR count). The van der Waals surface area contributed by atoms with E-state index in [9.17, 15) is 22.4 Å². The third-order valence-corrected chi connectivity index (χ3v) is 8.99. The monoisotopic (exact) mass is 648 g/mol. The summed E-state index contributed by atoms with van der Waals surface area (Å²) in [6.07, 6.45) is -1.49. The van der Waals surface area contributed by atoms with Gasteiger partial charge in [0.15, 0.2) is 5.82 Å². The molecule has 0 saturated carbocycles. The van der Waals surface area contributed by atoms with Crippen molar-refractivity contribution in [3.05, 3.63) is 52.2 Å². The Morgan fingerprint density at radius 1 is 1.13 bits per heavy atom. The van der Waals surface area contributed by atoms with Gasteiger partial charge in [-0.1, -0.05) is 0 Å². The third kappa shape index (κ3) is 6.82. The van der Waals surface area contributed by atoms with E-state index in [0.29, 0.717) is 68.2 Å². The Kier molecular flexibility index (Phi) is 9.32. The maximum absolute atomic E-state index is 13.6. The lowest BCUT2D eigenvalue weighted by Crippen LogP contribution is -2.47. The first-order chi connectivity index (χ1) is 21.8. The van der Waals surface area contributed by atoms with Gasteiger partial charge in [0, 0.05) is 56.6 Å². The number of nitrogens with two attached hydrogens (primary N) is 1. The van der Waals surface area contributed by atoms with E-state index in [-0.39, 0.29) is 39.7 Å². The number of rotatable bonds is 10. The number of anilines is 2. The van der Waals surface area contributed by atoms with Crippen LogP contribution in [0.25, 0.3) is 16.8 Å². The topological polar surface area (TPSA) is 123 Å². The van der Waals surface area contributed by atoms with Gasteiger partial charge in [-0.3, -0.25) is 14.7 Å². The average molecular weight is 649 g/mol. The largest absolute Gasteiger partial charge is 0.491 e. The Morgan fingerprint density at radius 2 is 1.96 bits per heavy atom. The van der Waals surface area contributed by atoms with Crippen LogP contribution in [0.15, 0.2) is 36.8 Å². The Balaban J connectivity index is 1.20. The standard InChI is InChI=1S/C29H32F4N8O3S/c30-26(31)19-12-17(3-4-35-19)20-13-21(24-28(34)36-16-37-41(20)24)40-5-1-2-18(15-40)38-29(42)25-22(14-23(45-25)27(32)33)44-11-8-39-6-9-43-10-7-39/h3-4,12-14,16,18,26-27H,1-2,5-11,15H2,(H,38,42)(H2,34,36,37)/t18-/m1/s1. The molecule has 2 aliphatic heterocycles. The first-order valence-electron chi connectivity index (χ1n) is 14.6. The van der Waals surface area contributed by atoms with Crippen molar-refractivity contribution >= 4 is 34.3 Å². The third-order valence-electron chi connectivity index (χ3n) is 7.87. The minimum atomic E-state index is -2.74. The van der Waals surface area contributed by atoms with Crippen molar-refractivity contribution in [2.75, 3.05) is 63.2 Å². The number of morpholine rings is 1. The summed E-state index contributed by atoms with van der Waals surface area (Å²) in [6, 6.07) is 5.66. The van der Waals surface area contributed by atoms with Gasteiger partial charge in [-0.05, 0) is 31.0 Å². The van der Waals surface area contributed by atoms with E-state index in [1.54, 1.807) is 10.6 Å². The van der Waals surface area contributed by atoms with Crippen LogP contribution in [0, 0.1) is 0 Å². The molecule has 3 N–H and O–H groups in total. The second-order valence-corrected chi connectivity index (χ2v) is 11.9. The molecule has 0 aliphatic carbocycles. The van der Waals surface area contributed by atoms with Crippen LogP contribution in [0.2, 0.25) is 0 Å². The molecule has 11 nitrogen and oxygen atoms in total. The smallest absolute Gasteiger partial charge is 0.280 e. The number of amides is 1. The molecule has 0 radical (unpaired) electrons. The van der Waals surface area contributed by atoms with Crippen molar-refractivity contribution in [1.29, 1.82) is 0 Å². The number of hydrogen-bond donors (Lipinski definition) is 2. The zero-order valence-electron chi connectivity index (χ0n) is 24.2. The van der Waals surface area contributed by atoms with Crippen molar-refractivity contribution < 1.29 is 31.8 Å². The number of piperidine rings is 1. The number of alkyl halides is 4. The molecule has 4 aromatic rings. The molecule has 45 heavy (non-hydrogen) atoms. The lowest BCUT2D eigenvalue weighted by molar-refractivity contribution is 0.0322. The lowest BCUT2D eigenvalue weighted by atomic mass is 10.0. The molecule has 1 amide bonds. The van der Waals surface area contributed by atoms with Gasteiger partial charge in [0.25, 0.3) is 18.8 Å². The molecule has 16 heteroatoms. The van der Waals surface area contributed by atoms with Crippen LogP contribution in [0.3, 0.4) is 0 Å². The highest BCUT2D eigenvalue weighted by molar-refractivity contribution is 7.14. The number of aromatic nitrogens is 4. The zero-order valence-corrected chi connectivity index (χ0v) is 25.0. The average Bonchev–Trinajstić information content (AvgIpc) is 3.65. The highest BCUT2D eigenvalue weighted by atomic mass is 32.1. The number of pyridine rings is 1. The number of nitrogen functional groups attached to an aromatic ring is 1. The van der Waals surface area contributed by atoms with Crippen LogP contribution in [0.5, 0.6) is 5.75 Å². The molecule has 0 unspecified atom stereocenters. The summed E-state index contributed by atoms with van der Waals surface area (Å²) >= 11 is 0.726. The van der Waals surface area contributed by atoms with Crippen LogP contribution >= 0.6 is 11.3 Å². The summed E-state index contributed by atoms with van der Waals surface area (Å²) in [5.74, 6) is -0.138. The minimum Gasteiger partial charge on any atom is -0.491 e. The predicted molar refractivity (Wildman–Crippen MR) is 160 cm³/mol. The van der Waals surface area contributed by atoms with Gasteiger partial charge in [0.05, 0.1) is 29.5 Å². The fraction of sp³-hybridized carbons (Fsp3) is 0.448. The van der Waals surface area contributed by atoms with Gasteiger partial charge in [0.2, 0.25) is 0 Å². The molecule has 0 bridgehead atoms. The number of carbonyl (C=O) groups is 1. The number of nitrogens with zero attached hydrogens (tertiary/aromatic N) is 6. The summed E-state index contributed by atoms with van der Waals surface area (Å²) < 4.78 is 66.8. The van der Waals surface area contributed by atoms with Crippen LogP contribution < -0.4 is 20.7 Å². The minimum absolute atomic E-state index is 0.103. The summed E-state index contributed by atoms with van der Waals surface area (Å²) in [4.78, 5) is 25.4. The number of thiophene rings is 1. The molecule has 240 valence electrons. The highest BCUT2D eigenvalue weighted by Gasteiger charge is 2.29. The van der Waals surface area contributed by atoms with Crippen LogP contribution in [-0.4, -0.2) is 89.0 Å². The number of ether oxygens (including phenoxy) is 2. The van der Waals surface area contributed by atoms with Gasteiger partial charge in [-0.25, -0.2) is 27.1 Å². The van der Waals surface area contributed by atoms with Gasteiger partial charge in [-0.15, -0.1) is 11.3 Å². The summed E-state index contributed by atoms with van der Waals surface area (Å²) in [5, 5.41) is 7.34. The Bertz CT molecular complexity index is 1640. The molecule has 1 atom stereocenters. The molecule has 4 aromatic heterocycles. The second-order valence-electron chi connectivity index (χ2n) is 10.8. The van der Waals surface area contributed by atoms with E-state index in [0.717, 1.165) is 24.4 Å². The van der Waals surface area contributed by atoms with Crippen LogP contribution in [0.4, 0.5) is 29.1 Å². The van der Waals surface area contributed by atoms with E-state index < -0.39 is 18.8 Å². The number of hydrogen-bond acceptors (Lipinski definition) is 10. The SMILES string of the molecule is Nc1ncnn2c(-c3ccnc(C(F)F)c3)cc(N3CCC[C@@H](NC(=O)c4sc(C(F)F)cc4OCCN4CCOCC4)C3)c12. The molecule has 0 aromatic carbocycles. The van der Waals surface area contributed by atoms with Gasteiger partial charge in [-0.2, -0.15) is 5.10 Å². The summed E-state index contributed by atoms with van der Waals surface area (Å²) in [7, 11) is 0. The number of nitrogens with one attached hydrogen (secondary N) is 1. The van der Waals surface area contributed by atoms with E-state index in [1.807, 2.05) is 11.0 Å². The molecular weight excluding hydrogens is 616 g/mol. The molecule has 2 aliphatic rings. The highest BCUT2D eigenvalue weighted by Crippen LogP contribution is 2.37. The second kappa shape index (κ2) is 13.5. The normalized spacial score (nSPS) is 17.8. The molecule has 2 saturated heterocycles. The maximum Gasteiger partial charge on any atom is 0.280 e. The Labute approximate surface area is 259 Å². The molecular formula is C29H32F4N8O3S. The molecule has 0 spiro atoms. The number of carbonyl (C=O) groups excluding carboxylic acids is 1. The first-order valence-corrected chi connectivity index (χ1v) is 15.4. The fourth-order valence-electron chi connectivity index (χ4n) is 5.66. The van der Waals surface area contributed by atoms with E-state index in [4.69, 9.17) is 15.2 Å². The fourth-order valence-corrected chi connectivity index (χ4v) is 6.52. The molecule has 6 heterocycles. The van der Waals surface area contributed by atoms with Crippen molar-refractivity contribution in [1.82, 2.24) is 29.8 Å². The summed E-state index contributed by atoms with van der Waals surface area (Å²) in [6.45, 7) is 4.63. The van der Waals surface area contributed by atoms with Crippen molar-refractivity contribution in [3.8, 4) is 17.0 Å². The van der Waals surface area contributed by atoms with Crippen LogP contribution in [-0.2, 0) is 4.74 Å². The Hall–Kier alpha value is -4.02. The van der Waals surface area contributed by atoms with E-state index in [1.165, 1.54) is 24.7 Å². The number of fused-ring (bicyclic) bond motifs is 1. The molecule has 2 fully saturated rings. The maximum atomic E-state index is 13.6. The predicted octanol–water partition coefficient (Wildman–Crippen LogP) is 4.42. The van der Waals surface area contributed by atoms with Crippen LogP contribution in [0.1, 0.15) is 45.9 Å². The van der Waals surface area contributed by atoms with Gasteiger partial charge >= 0.3 is 0 Å². The van der Waals surface area contributed by atoms with Crippen molar-refractivity contribution in [2.24, 2.45) is 0 Å². The zero-order chi connectivity index (χ0) is 31.5. The number of halogens is 4. The van der Waals surface area contributed by atoms with E-state index in [2.05, 4.69) is 25.3 Å². The Morgan fingerprint density at radius 3 is 2.73 bits per heavy atom. The van der Waals surface area contributed by atoms with Crippen molar-refractivity contribution in [3.63, 3.8) is 0 Å². The van der Waals surface area contributed by atoms with Gasteiger partial charge < -0.3 is 25.4 Å². The summed E-state index contributed by atoms with van der Waals surface area (Å²) in [5.41, 5.74) is 8.11. The van der Waals surface area contributed by atoms with Gasteiger partial charge in [0.1, 0.15) is 34.8 Å². The first kappa shape index (κ1) is 31.0. The lowest BCUT2D eigenvalue weighted by Gasteiger charge is -2.34. The quantitative estimate of drug-likeness (QED) is 0.241.